The van der Waals surface area contributed by atoms with E-state index in [0.717, 1.165) is 30.3 Å². The maximum absolute atomic E-state index is 11.9. The molecule has 3 N–H and O–H groups in total. The van der Waals surface area contributed by atoms with Crippen LogP contribution < -0.4 is 10.5 Å². The summed E-state index contributed by atoms with van der Waals surface area (Å²) in [5.41, 5.74) is 9.60. The van der Waals surface area contributed by atoms with Crippen LogP contribution >= 0.6 is 0 Å². The molecule has 0 unspecified atom stereocenters. The number of aryl methyl sites for hydroxylation is 1. The summed E-state index contributed by atoms with van der Waals surface area (Å²) in [5.74, 6) is 0.579. The van der Waals surface area contributed by atoms with Crippen LogP contribution in [0.3, 0.4) is 0 Å². The van der Waals surface area contributed by atoms with Crippen LogP contribution in [0.4, 0.5) is 17.1 Å². The first-order chi connectivity index (χ1) is 17.7. The van der Waals surface area contributed by atoms with Crippen LogP contribution in [0.1, 0.15) is 35.7 Å². The van der Waals surface area contributed by atoms with Gasteiger partial charge in [-0.3, -0.25) is 14.3 Å². The van der Waals surface area contributed by atoms with Gasteiger partial charge >= 0.3 is 0 Å². The fourth-order valence-electron chi connectivity index (χ4n) is 3.93. The van der Waals surface area contributed by atoms with Crippen LogP contribution in [0.2, 0.25) is 0 Å². The molecule has 0 fully saturated rings. The van der Waals surface area contributed by atoms with Crippen molar-refractivity contribution in [1.82, 2.24) is 4.98 Å². The van der Waals surface area contributed by atoms with Gasteiger partial charge in [-0.2, -0.15) is 8.42 Å². The van der Waals surface area contributed by atoms with Crippen LogP contribution in [0.15, 0.2) is 75.9 Å². The molecule has 0 atom stereocenters. The highest BCUT2D eigenvalue weighted by Gasteiger charge is 2.18. The predicted molar refractivity (Wildman–Crippen MR) is 143 cm³/mol. The summed E-state index contributed by atoms with van der Waals surface area (Å²) >= 11 is 0. The highest BCUT2D eigenvalue weighted by atomic mass is 32.2. The summed E-state index contributed by atoms with van der Waals surface area (Å²) in [4.78, 5) is 15.8. The first kappa shape index (κ1) is 25.9. The number of hydrogen-bond acceptors (Lipinski definition) is 8. The van der Waals surface area contributed by atoms with E-state index in [-0.39, 0.29) is 16.3 Å². The summed E-state index contributed by atoms with van der Waals surface area (Å²) in [5, 5.41) is 8.98. The second-order valence-corrected chi connectivity index (χ2v) is 9.85. The van der Waals surface area contributed by atoms with Crippen molar-refractivity contribution < 1.29 is 22.5 Å². The maximum Gasteiger partial charge on any atom is 0.295 e. The number of anilines is 1. The van der Waals surface area contributed by atoms with E-state index in [4.69, 9.17) is 10.5 Å². The molecule has 0 aliphatic heterocycles. The molecule has 1 heterocycles. The molecule has 4 rings (SSSR count). The van der Waals surface area contributed by atoms with Gasteiger partial charge in [-0.1, -0.05) is 37.6 Å². The van der Waals surface area contributed by atoms with Gasteiger partial charge in [0.2, 0.25) is 0 Å². The minimum atomic E-state index is -4.51. The number of unbranched alkanes of at least 4 members (excludes halogenated alkanes) is 1. The van der Waals surface area contributed by atoms with Crippen LogP contribution in [0, 0.1) is 6.92 Å². The maximum atomic E-state index is 11.9. The molecule has 0 saturated heterocycles. The molecule has 0 aliphatic rings. The predicted octanol–water partition coefficient (Wildman–Crippen LogP) is 6.45. The number of nitrogens with two attached hydrogens (primary N) is 1. The van der Waals surface area contributed by atoms with Gasteiger partial charge in [-0.05, 0) is 49.2 Å². The molecule has 4 aromatic rings. The summed E-state index contributed by atoms with van der Waals surface area (Å²) in [6.45, 7) is 4.50. The minimum absolute atomic E-state index is 0.0975. The average molecular weight is 519 g/mol. The van der Waals surface area contributed by atoms with Crippen molar-refractivity contribution in [2.24, 2.45) is 10.2 Å². The van der Waals surface area contributed by atoms with Crippen LogP contribution in [0.25, 0.3) is 22.0 Å². The van der Waals surface area contributed by atoms with Gasteiger partial charge in [0.05, 0.1) is 29.7 Å². The molecule has 10 heteroatoms. The van der Waals surface area contributed by atoms with Gasteiger partial charge in [0, 0.05) is 16.3 Å². The molecule has 0 spiro atoms. The third kappa shape index (κ3) is 5.65. The molecule has 190 valence electrons. The van der Waals surface area contributed by atoms with Gasteiger partial charge in [0.1, 0.15) is 22.0 Å². The quantitative estimate of drug-likeness (QED) is 0.0852. The molecule has 0 saturated carbocycles. The fourth-order valence-corrected chi connectivity index (χ4v) is 4.64. The third-order valence-corrected chi connectivity index (χ3v) is 6.69. The number of pyridine rings is 1. The lowest BCUT2D eigenvalue weighted by atomic mass is 10.0. The van der Waals surface area contributed by atoms with Crippen LogP contribution in [0.5, 0.6) is 5.75 Å². The standard InChI is InChI=1S/C27H26N4O5S/c1-3-4-11-36-27-17(2)12-18(13-19(27)16-32)23-10-9-20(15-29-23)30-31-24-14-25(37(33,34)35)21-7-5-6-8-22(21)26(24)28/h5-10,12-16H,3-4,11,28H2,1-2H3,(H,33,34,35). The van der Waals surface area contributed by atoms with E-state index in [1.807, 2.05) is 13.0 Å². The number of carbonyl (C=O) groups excluding carboxylic acids is 1. The van der Waals surface area contributed by atoms with E-state index in [2.05, 4.69) is 22.1 Å². The Morgan fingerprint density at radius 2 is 1.84 bits per heavy atom. The molecule has 1 aromatic heterocycles. The van der Waals surface area contributed by atoms with Crippen molar-refractivity contribution in [1.29, 1.82) is 0 Å². The Morgan fingerprint density at radius 3 is 2.49 bits per heavy atom. The number of benzene rings is 3. The molecular weight excluding hydrogens is 492 g/mol. The van der Waals surface area contributed by atoms with Crippen molar-refractivity contribution >= 4 is 44.2 Å². The van der Waals surface area contributed by atoms with E-state index in [0.29, 0.717) is 40.1 Å². The highest BCUT2D eigenvalue weighted by molar-refractivity contribution is 7.86. The smallest absolute Gasteiger partial charge is 0.295 e. The first-order valence-electron chi connectivity index (χ1n) is 11.6. The minimum Gasteiger partial charge on any atom is -0.493 e. The number of rotatable bonds is 9. The Bertz CT molecular complexity index is 1600. The molecule has 0 aliphatic carbocycles. The zero-order valence-corrected chi connectivity index (χ0v) is 21.2. The van der Waals surface area contributed by atoms with Crippen molar-refractivity contribution in [3.8, 4) is 17.0 Å². The third-order valence-electron chi connectivity index (χ3n) is 5.80. The number of hydrogen-bond donors (Lipinski definition) is 2. The number of carbonyl (C=O) groups is 1. The fraction of sp³-hybridized carbons (Fsp3) is 0.185. The Morgan fingerprint density at radius 1 is 1.08 bits per heavy atom. The Balaban J connectivity index is 1.63. The second-order valence-electron chi connectivity index (χ2n) is 8.46. The molecular formula is C27H26N4O5S. The van der Waals surface area contributed by atoms with Gasteiger partial charge in [-0.15, -0.1) is 10.2 Å². The van der Waals surface area contributed by atoms with Crippen molar-refractivity contribution in [3.05, 3.63) is 71.9 Å². The zero-order chi connectivity index (χ0) is 26.6. The van der Waals surface area contributed by atoms with Crippen molar-refractivity contribution in [3.63, 3.8) is 0 Å². The van der Waals surface area contributed by atoms with Crippen LogP contribution in [-0.4, -0.2) is 30.8 Å². The monoisotopic (exact) mass is 518 g/mol. The first-order valence-corrected chi connectivity index (χ1v) is 13.1. The van der Waals surface area contributed by atoms with Crippen molar-refractivity contribution in [2.45, 2.75) is 31.6 Å². The molecule has 3 aromatic carbocycles. The second kappa shape index (κ2) is 10.9. The molecule has 0 amide bonds. The zero-order valence-electron chi connectivity index (χ0n) is 20.4. The number of fused-ring (bicyclic) bond motifs is 1. The number of nitrogens with zero attached hydrogens (tertiary/aromatic N) is 3. The highest BCUT2D eigenvalue weighted by Crippen LogP contribution is 2.37. The SMILES string of the molecule is CCCCOc1c(C)cc(-c2ccc(N=Nc3cc(S(=O)(=O)O)c4ccccc4c3N)cn2)cc1C=O. The normalized spacial score (nSPS) is 11.8. The van der Waals surface area contributed by atoms with Crippen LogP contribution in [-0.2, 0) is 10.1 Å². The number of ether oxygens (including phenoxy) is 1. The van der Waals surface area contributed by atoms with Crippen molar-refractivity contribution in [2.75, 3.05) is 12.3 Å². The largest absolute Gasteiger partial charge is 0.493 e. The average Bonchev–Trinajstić information content (AvgIpc) is 2.88. The molecule has 37 heavy (non-hydrogen) atoms. The summed E-state index contributed by atoms with van der Waals surface area (Å²) in [6, 6.07) is 14.8. The summed E-state index contributed by atoms with van der Waals surface area (Å²) in [6.07, 6.45) is 4.17. The number of aromatic nitrogens is 1. The number of nitrogen functional groups attached to an aromatic ring is 1. The summed E-state index contributed by atoms with van der Waals surface area (Å²) < 4.78 is 39.3. The summed E-state index contributed by atoms with van der Waals surface area (Å²) in [7, 11) is -4.51. The number of azo groups is 1. The lowest BCUT2D eigenvalue weighted by Crippen LogP contribution is -2.02. The molecule has 0 radical (unpaired) electrons. The van der Waals surface area contributed by atoms with Gasteiger partial charge in [0.15, 0.2) is 6.29 Å². The van der Waals surface area contributed by atoms with Gasteiger partial charge in [-0.25, -0.2) is 0 Å². The van der Waals surface area contributed by atoms with E-state index in [1.54, 1.807) is 42.5 Å². The van der Waals surface area contributed by atoms with E-state index < -0.39 is 10.1 Å². The van der Waals surface area contributed by atoms with E-state index in [9.17, 15) is 17.8 Å². The van der Waals surface area contributed by atoms with E-state index >= 15 is 0 Å². The van der Waals surface area contributed by atoms with Gasteiger partial charge in [0.25, 0.3) is 10.1 Å². The number of aldehydes is 1. The van der Waals surface area contributed by atoms with Gasteiger partial charge < -0.3 is 10.5 Å². The molecule has 9 nitrogen and oxygen atoms in total. The lowest BCUT2D eigenvalue weighted by Gasteiger charge is -2.13. The Hall–Kier alpha value is -4.15. The Labute approximate surface area is 214 Å². The van der Waals surface area contributed by atoms with E-state index in [1.165, 1.54) is 12.3 Å². The Kier molecular flexibility index (Phi) is 7.61. The molecule has 0 bridgehead atoms. The lowest BCUT2D eigenvalue weighted by molar-refractivity contribution is 0.111. The topological polar surface area (TPSA) is 144 Å².